The molecule has 1 N–H and O–H groups in total. The summed E-state index contributed by atoms with van der Waals surface area (Å²) in [5.41, 5.74) is 1.13. The Hall–Kier alpha value is -2.18. The van der Waals surface area contributed by atoms with Crippen LogP contribution >= 0.6 is 0 Å². The Bertz CT molecular complexity index is 833. The van der Waals surface area contributed by atoms with Gasteiger partial charge < -0.3 is 5.32 Å². The first-order chi connectivity index (χ1) is 12.0. The van der Waals surface area contributed by atoms with E-state index in [-0.39, 0.29) is 16.8 Å². The van der Waals surface area contributed by atoms with E-state index in [1.165, 1.54) is 0 Å². The summed E-state index contributed by atoms with van der Waals surface area (Å²) in [5.74, 6) is -0.221. The third kappa shape index (κ3) is 3.91. The number of rotatable bonds is 4. The van der Waals surface area contributed by atoms with Crippen molar-refractivity contribution >= 4 is 21.6 Å². The highest BCUT2D eigenvalue weighted by Gasteiger charge is 2.30. The maximum atomic E-state index is 12.8. The molecular formula is C19H22N2O3S. The number of carbonyl (C=O) groups is 1. The molecule has 5 nitrogen and oxygen atoms in total. The minimum absolute atomic E-state index is 0.0243. The lowest BCUT2D eigenvalue weighted by molar-refractivity contribution is 0.102. The van der Waals surface area contributed by atoms with Crippen LogP contribution in [0.2, 0.25) is 0 Å². The third-order valence-corrected chi connectivity index (χ3v) is 6.52. The van der Waals surface area contributed by atoms with Crippen LogP contribution in [0.25, 0.3) is 0 Å². The predicted octanol–water partition coefficient (Wildman–Crippen LogP) is 3.50. The fourth-order valence-corrected chi connectivity index (χ4v) is 4.77. The third-order valence-electron chi connectivity index (χ3n) is 4.50. The summed E-state index contributed by atoms with van der Waals surface area (Å²) in [6.45, 7) is 2.52. The van der Waals surface area contributed by atoms with Gasteiger partial charge in [-0.3, -0.25) is 4.79 Å². The maximum Gasteiger partial charge on any atom is 0.255 e. The second-order valence-electron chi connectivity index (χ2n) is 6.31. The second kappa shape index (κ2) is 7.37. The van der Waals surface area contributed by atoms with Crippen molar-refractivity contribution in [1.29, 1.82) is 0 Å². The standard InChI is InChI=1S/C19H22N2O3S/c1-15-7-5-6-14-21(15)25(23,24)18-12-10-17(11-13-18)20-19(22)16-8-3-2-4-9-16/h2-4,8-13,15H,5-7,14H2,1H3,(H,20,22). The van der Waals surface area contributed by atoms with E-state index in [0.29, 0.717) is 17.8 Å². The van der Waals surface area contributed by atoms with Crippen LogP contribution in [-0.2, 0) is 10.0 Å². The molecule has 0 aliphatic carbocycles. The summed E-state index contributed by atoms with van der Waals surface area (Å²) >= 11 is 0. The van der Waals surface area contributed by atoms with Crippen LogP contribution in [-0.4, -0.2) is 31.2 Å². The van der Waals surface area contributed by atoms with Crippen LogP contribution in [0.15, 0.2) is 59.5 Å². The van der Waals surface area contributed by atoms with Crippen LogP contribution < -0.4 is 5.32 Å². The molecule has 3 rings (SSSR count). The summed E-state index contributed by atoms with van der Waals surface area (Å²) in [7, 11) is -3.49. The summed E-state index contributed by atoms with van der Waals surface area (Å²) in [5, 5.41) is 2.78. The minimum Gasteiger partial charge on any atom is -0.322 e. The van der Waals surface area contributed by atoms with Crippen LogP contribution in [0, 0.1) is 0 Å². The van der Waals surface area contributed by atoms with Gasteiger partial charge in [-0.2, -0.15) is 4.31 Å². The molecule has 1 amide bonds. The van der Waals surface area contributed by atoms with Gasteiger partial charge in [0.25, 0.3) is 5.91 Å². The van der Waals surface area contributed by atoms with E-state index in [4.69, 9.17) is 0 Å². The maximum absolute atomic E-state index is 12.8. The van der Waals surface area contributed by atoms with E-state index < -0.39 is 10.0 Å². The summed E-state index contributed by atoms with van der Waals surface area (Å²) in [6, 6.07) is 15.3. The molecule has 132 valence electrons. The number of piperidine rings is 1. The Morgan fingerprint density at radius 1 is 1.04 bits per heavy atom. The average molecular weight is 358 g/mol. The first-order valence-corrected chi connectivity index (χ1v) is 9.91. The lowest BCUT2D eigenvalue weighted by atomic mass is 10.1. The molecule has 0 saturated carbocycles. The Labute approximate surface area is 148 Å². The van der Waals surface area contributed by atoms with Gasteiger partial charge in [0.05, 0.1) is 4.90 Å². The number of benzene rings is 2. The van der Waals surface area contributed by atoms with Gasteiger partial charge in [0.2, 0.25) is 10.0 Å². The lowest BCUT2D eigenvalue weighted by Crippen LogP contribution is -2.41. The number of hydrogen-bond acceptors (Lipinski definition) is 3. The molecule has 0 bridgehead atoms. The molecule has 25 heavy (non-hydrogen) atoms. The zero-order valence-corrected chi connectivity index (χ0v) is 15.0. The first-order valence-electron chi connectivity index (χ1n) is 8.47. The Morgan fingerprint density at radius 2 is 1.72 bits per heavy atom. The van der Waals surface area contributed by atoms with Crippen molar-refractivity contribution in [3.63, 3.8) is 0 Å². The Morgan fingerprint density at radius 3 is 2.36 bits per heavy atom. The molecule has 2 aromatic carbocycles. The number of carbonyl (C=O) groups excluding carboxylic acids is 1. The minimum atomic E-state index is -3.49. The van der Waals surface area contributed by atoms with Gasteiger partial charge >= 0.3 is 0 Å². The topological polar surface area (TPSA) is 66.5 Å². The van der Waals surface area contributed by atoms with E-state index in [1.54, 1.807) is 52.8 Å². The van der Waals surface area contributed by atoms with Crippen molar-refractivity contribution in [2.45, 2.75) is 37.1 Å². The van der Waals surface area contributed by atoms with E-state index in [0.717, 1.165) is 19.3 Å². The highest BCUT2D eigenvalue weighted by Crippen LogP contribution is 2.26. The number of hydrogen-bond donors (Lipinski definition) is 1. The number of nitrogens with zero attached hydrogens (tertiary/aromatic N) is 1. The first kappa shape index (κ1) is 17.6. The molecule has 2 aromatic rings. The van der Waals surface area contributed by atoms with Crippen LogP contribution in [0.5, 0.6) is 0 Å². The molecular weight excluding hydrogens is 336 g/mol. The molecule has 1 saturated heterocycles. The van der Waals surface area contributed by atoms with Crippen molar-refractivity contribution in [3.8, 4) is 0 Å². The van der Waals surface area contributed by atoms with E-state index >= 15 is 0 Å². The van der Waals surface area contributed by atoms with E-state index in [2.05, 4.69) is 5.32 Å². The smallest absolute Gasteiger partial charge is 0.255 e. The van der Waals surface area contributed by atoms with Crippen LogP contribution in [0.4, 0.5) is 5.69 Å². The van der Waals surface area contributed by atoms with E-state index in [1.807, 2.05) is 13.0 Å². The zero-order chi connectivity index (χ0) is 17.9. The molecule has 1 atom stereocenters. The molecule has 0 radical (unpaired) electrons. The van der Waals surface area contributed by atoms with Gasteiger partial charge in [-0.25, -0.2) is 8.42 Å². The van der Waals surface area contributed by atoms with Crippen molar-refractivity contribution in [1.82, 2.24) is 4.31 Å². The van der Waals surface area contributed by atoms with Gasteiger partial charge in [0.15, 0.2) is 0 Å². The number of amides is 1. The number of anilines is 1. The van der Waals surface area contributed by atoms with Crippen LogP contribution in [0.1, 0.15) is 36.5 Å². The predicted molar refractivity (Wildman–Crippen MR) is 98.0 cm³/mol. The SMILES string of the molecule is CC1CCCCN1S(=O)(=O)c1ccc(NC(=O)c2ccccc2)cc1. The highest BCUT2D eigenvalue weighted by molar-refractivity contribution is 7.89. The molecule has 0 spiro atoms. The molecule has 6 heteroatoms. The fourth-order valence-electron chi connectivity index (χ4n) is 3.07. The molecule has 1 aliphatic rings. The summed E-state index contributed by atoms with van der Waals surface area (Å²) < 4.78 is 27.2. The zero-order valence-electron chi connectivity index (χ0n) is 14.2. The Kier molecular flexibility index (Phi) is 5.20. The normalized spacial score (nSPS) is 18.7. The fraction of sp³-hybridized carbons (Fsp3) is 0.316. The quantitative estimate of drug-likeness (QED) is 0.910. The molecule has 0 aromatic heterocycles. The van der Waals surface area contributed by atoms with Crippen molar-refractivity contribution < 1.29 is 13.2 Å². The monoisotopic (exact) mass is 358 g/mol. The highest BCUT2D eigenvalue weighted by atomic mass is 32.2. The molecule has 1 heterocycles. The second-order valence-corrected chi connectivity index (χ2v) is 8.20. The van der Waals surface area contributed by atoms with Gasteiger partial charge in [-0.05, 0) is 56.2 Å². The van der Waals surface area contributed by atoms with Gasteiger partial charge in [-0.1, -0.05) is 24.6 Å². The van der Waals surface area contributed by atoms with E-state index in [9.17, 15) is 13.2 Å². The van der Waals surface area contributed by atoms with Crippen molar-refractivity contribution in [3.05, 3.63) is 60.2 Å². The lowest BCUT2D eigenvalue weighted by Gasteiger charge is -2.32. The summed E-state index contributed by atoms with van der Waals surface area (Å²) in [6.07, 6.45) is 2.86. The van der Waals surface area contributed by atoms with Crippen molar-refractivity contribution in [2.24, 2.45) is 0 Å². The average Bonchev–Trinajstić information content (AvgIpc) is 2.63. The van der Waals surface area contributed by atoms with Gasteiger partial charge in [0, 0.05) is 23.8 Å². The van der Waals surface area contributed by atoms with Crippen molar-refractivity contribution in [2.75, 3.05) is 11.9 Å². The summed E-state index contributed by atoms with van der Waals surface area (Å²) in [4.78, 5) is 12.4. The number of sulfonamides is 1. The Balaban J connectivity index is 1.74. The van der Waals surface area contributed by atoms with Gasteiger partial charge in [0.1, 0.15) is 0 Å². The largest absolute Gasteiger partial charge is 0.322 e. The molecule has 1 aliphatic heterocycles. The number of nitrogens with one attached hydrogen (secondary N) is 1. The van der Waals surface area contributed by atoms with Crippen LogP contribution in [0.3, 0.4) is 0 Å². The molecule has 1 fully saturated rings. The van der Waals surface area contributed by atoms with Gasteiger partial charge in [-0.15, -0.1) is 0 Å². The molecule has 1 unspecified atom stereocenters.